The smallest absolute Gasteiger partial charge is 0.275 e. The molecule has 1 aliphatic rings. The third kappa shape index (κ3) is 3.29. The first kappa shape index (κ1) is 14.6. The van der Waals surface area contributed by atoms with Gasteiger partial charge in [0, 0.05) is 45.2 Å². The number of nitrogens with zero attached hydrogens (tertiary/aromatic N) is 4. The van der Waals surface area contributed by atoms with Gasteiger partial charge in [0.1, 0.15) is 5.51 Å². The number of hydrogen-bond acceptors (Lipinski definition) is 7. The van der Waals surface area contributed by atoms with Gasteiger partial charge in [-0.05, 0) is 7.05 Å². The van der Waals surface area contributed by atoms with Crippen LogP contribution in [-0.2, 0) is 11.3 Å². The minimum Gasteiger partial charge on any atom is -0.388 e. The standard InChI is InChI=1S/C13H18N4O3S/c1-16(8-13(19)2-4-20-5-3-13)7-10-6-11(18)17-12(15-10)21-9-14-17/h6,9,19H,2-5,7-8H2,1H3. The second-order valence-electron chi connectivity index (χ2n) is 5.53. The monoisotopic (exact) mass is 310 g/mol. The molecule has 0 aromatic carbocycles. The lowest BCUT2D eigenvalue weighted by atomic mass is 9.94. The molecule has 0 atom stereocenters. The summed E-state index contributed by atoms with van der Waals surface area (Å²) < 4.78 is 6.57. The average molecular weight is 310 g/mol. The van der Waals surface area contributed by atoms with E-state index in [-0.39, 0.29) is 5.56 Å². The predicted molar refractivity (Wildman–Crippen MR) is 78.5 cm³/mol. The molecule has 0 amide bonds. The van der Waals surface area contributed by atoms with Crippen LogP contribution in [0.2, 0.25) is 0 Å². The summed E-state index contributed by atoms with van der Waals surface area (Å²) >= 11 is 1.33. The molecule has 3 heterocycles. The Kier molecular flexibility index (Phi) is 4.03. The molecule has 8 heteroatoms. The molecule has 2 aromatic rings. The fraction of sp³-hybridized carbons (Fsp3) is 0.615. The summed E-state index contributed by atoms with van der Waals surface area (Å²) in [5, 5.41) is 14.4. The highest BCUT2D eigenvalue weighted by Crippen LogP contribution is 2.21. The molecule has 0 aliphatic carbocycles. The van der Waals surface area contributed by atoms with Crippen molar-refractivity contribution in [1.29, 1.82) is 0 Å². The van der Waals surface area contributed by atoms with Gasteiger partial charge in [0.05, 0.1) is 11.3 Å². The van der Waals surface area contributed by atoms with Crippen molar-refractivity contribution in [3.63, 3.8) is 0 Å². The van der Waals surface area contributed by atoms with Crippen molar-refractivity contribution >= 4 is 16.3 Å². The maximum absolute atomic E-state index is 11.9. The summed E-state index contributed by atoms with van der Waals surface area (Å²) in [4.78, 5) is 18.9. The molecule has 1 fully saturated rings. The van der Waals surface area contributed by atoms with Crippen molar-refractivity contribution in [2.45, 2.75) is 25.0 Å². The largest absolute Gasteiger partial charge is 0.388 e. The maximum Gasteiger partial charge on any atom is 0.275 e. The molecule has 1 aliphatic heterocycles. The van der Waals surface area contributed by atoms with Crippen molar-refractivity contribution in [2.75, 3.05) is 26.8 Å². The molecule has 1 N–H and O–H groups in total. The molecular weight excluding hydrogens is 292 g/mol. The minimum absolute atomic E-state index is 0.172. The van der Waals surface area contributed by atoms with Gasteiger partial charge in [0.25, 0.3) is 5.56 Å². The van der Waals surface area contributed by atoms with Gasteiger partial charge in [0.2, 0.25) is 4.96 Å². The van der Waals surface area contributed by atoms with Crippen molar-refractivity contribution in [3.05, 3.63) is 27.6 Å². The summed E-state index contributed by atoms with van der Waals surface area (Å²) in [6.45, 7) is 2.25. The van der Waals surface area contributed by atoms with E-state index in [1.54, 1.807) is 5.51 Å². The first-order chi connectivity index (χ1) is 10.1. The topological polar surface area (TPSA) is 80.0 Å². The zero-order chi connectivity index (χ0) is 14.9. The molecule has 3 rings (SSSR count). The first-order valence-electron chi connectivity index (χ1n) is 6.87. The van der Waals surface area contributed by atoms with E-state index in [1.807, 2.05) is 11.9 Å². The number of hydrogen-bond donors (Lipinski definition) is 1. The molecule has 114 valence electrons. The van der Waals surface area contributed by atoms with Gasteiger partial charge in [0.15, 0.2) is 0 Å². The summed E-state index contributed by atoms with van der Waals surface area (Å²) in [5.74, 6) is 0. The Hall–Kier alpha value is -1.35. The third-order valence-electron chi connectivity index (χ3n) is 3.66. The molecule has 0 spiro atoms. The lowest BCUT2D eigenvalue weighted by Crippen LogP contribution is -2.45. The van der Waals surface area contributed by atoms with Crippen LogP contribution in [0.1, 0.15) is 18.5 Å². The summed E-state index contributed by atoms with van der Waals surface area (Å²) in [6, 6.07) is 1.50. The van der Waals surface area contributed by atoms with Crippen molar-refractivity contribution in [1.82, 2.24) is 19.5 Å². The normalized spacial score (nSPS) is 18.4. The Bertz CT molecular complexity index is 677. The number of rotatable bonds is 4. The van der Waals surface area contributed by atoms with Crippen LogP contribution in [0.15, 0.2) is 16.4 Å². The molecule has 0 unspecified atom stereocenters. The Morgan fingerprint density at radius 1 is 1.52 bits per heavy atom. The van der Waals surface area contributed by atoms with Crippen LogP contribution >= 0.6 is 11.3 Å². The fourth-order valence-electron chi connectivity index (χ4n) is 2.63. The lowest BCUT2D eigenvalue weighted by molar-refractivity contribution is -0.0778. The number of aliphatic hydroxyl groups is 1. The quantitative estimate of drug-likeness (QED) is 0.864. The predicted octanol–water partition coefficient (Wildman–Crippen LogP) is 0.124. The second kappa shape index (κ2) is 5.80. The van der Waals surface area contributed by atoms with Crippen LogP contribution in [0.5, 0.6) is 0 Å². The van der Waals surface area contributed by atoms with E-state index in [2.05, 4.69) is 10.1 Å². The van der Waals surface area contributed by atoms with E-state index in [0.29, 0.717) is 49.8 Å². The molecule has 0 saturated carbocycles. The Morgan fingerprint density at radius 2 is 2.29 bits per heavy atom. The molecule has 0 bridgehead atoms. The van der Waals surface area contributed by atoms with Crippen molar-refractivity contribution in [2.24, 2.45) is 0 Å². The highest BCUT2D eigenvalue weighted by atomic mass is 32.1. The van der Waals surface area contributed by atoms with Gasteiger partial charge in [-0.3, -0.25) is 9.69 Å². The van der Waals surface area contributed by atoms with Crippen LogP contribution in [0, 0.1) is 0 Å². The molecule has 0 radical (unpaired) electrons. The van der Waals surface area contributed by atoms with Gasteiger partial charge in [-0.15, -0.1) is 0 Å². The van der Waals surface area contributed by atoms with E-state index >= 15 is 0 Å². The van der Waals surface area contributed by atoms with E-state index in [4.69, 9.17) is 4.74 Å². The molecule has 21 heavy (non-hydrogen) atoms. The van der Waals surface area contributed by atoms with Crippen LogP contribution in [0.4, 0.5) is 0 Å². The highest BCUT2D eigenvalue weighted by Gasteiger charge is 2.31. The molecule has 2 aromatic heterocycles. The zero-order valence-electron chi connectivity index (χ0n) is 11.9. The maximum atomic E-state index is 11.9. The Morgan fingerprint density at radius 3 is 3.05 bits per heavy atom. The van der Waals surface area contributed by atoms with E-state index in [1.165, 1.54) is 21.9 Å². The van der Waals surface area contributed by atoms with Crippen molar-refractivity contribution in [3.8, 4) is 0 Å². The number of aromatic nitrogens is 3. The Labute approximate surface area is 125 Å². The van der Waals surface area contributed by atoms with E-state index in [9.17, 15) is 9.90 Å². The SMILES string of the molecule is CN(Cc1cc(=O)n2ncsc2n1)CC1(O)CCOCC1. The fourth-order valence-corrected chi connectivity index (χ4v) is 3.27. The molecular formula is C13H18N4O3S. The second-order valence-corrected chi connectivity index (χ2v) is 6.34. The van der Waals surface area contributed by atoms with Crippen LogP contribution < -0.4 is 5.56 Å². The Balaban J connectivity index is 1.70. The van der Waals surface area contributed by atoms with Crippen LogP contribution in [0.3, 0.4) is 0 Å². The van der Waals surface area contributed by atoms with E-state index < -0.39 is 5.60 Å². The van der Waals surface area contributed by atoms with Crippen LogP contribution in [0.25, 0.3) is 4.96 Å². The average Bonchev–Trinajstić information content (AvgIpc) is 2.87. The minimum atomic E-state index is -0.712. The van der Waals surface area contributed by atoms with Crippen LogP contribution in [-0.4, -0.2) is 57.0 Å². The van der Waals surface area contributed by atoms with Gasteiger partial charge in [-0.25, -0.2) is 4.98 Å². The van der Waals surface area contributed by atoms with Gasteiger partial charge < -0.3 is 9.84 Å². The summed E-state index contributed by atoms with van der Waals surface area (Å²) in [6.07, 6.45) is 1.28. The van der Waals surface area contributed by atoms with Gasteiger partial charge >= 0.3 is 0 Å². The van der Waals surface area contributed by atoms with Crippen molar-refractivity contribution < 1.29 is 9.84 Å². The lowest BCUT2D eigenvalue weighted by Gasteiger charge is -2.35. The zero-order valence-corrected chi connectivity index (χ0v) is 12.7. The molecule has 7 nitrogen and oxygen atoms in total. The van der Waals surface area contributed by atoms with Gasteiger partial charge in [-0.1, -0.05) is 11.3 Å². The number of ether oxygens (including phenoxy) is 1. The number of likely N-dealkylation sites (N-methyl/N-ethyl adjacent to an activating group) is 1. The highest BCUT2D eigenvalue weighted by molar-refractivity contribution is 7.14. The number of fused-ring (bicyclic) bond motifs is 1. The molecule has 1 saturated heterocycles. The third-order valence-corrected chi connectivity index (χ3v) is 4.33. The first-order valence-corrected chi connectivity index (χ1v) is 7.75. The summed E-state index contributed by atoms with van der Waals surface area (Å²) in [7, 11) is 1.92. The van der Waals surface area contributed by atoms with Gasteiger partial charge in [-0.2, -0.15) is 9.61 Å². The van der Waals surface area contributed by atoms with E-state index in [0.717, 1.165) is 0 Å². The summed E-state index contributed by atoms with van der Waals surface area (Å²) in [5.41, 5.74) is 1.41.